The second kappa shape index (κ2) is 6.83. The van der Waals surface area contributed by atoms with Gasteiger partial charge in [0.2, 0.25) is 0 Å². The molecule has 1 aliphatic rings. The van der Waals surface area contributed by atoms with E-state index in [-0.39, 0.29) is 5.69 Å². The summed E-state index contributed by atoms with van der Waals surface area (Å²) in [6, 6.07) is 2.17. The number of anilines is 1. The van der Waals surface area contributed by atoms with Gasteiger partial charge >= 0.3 is 5.69 Å². The molecule has 3 rings (SSSR count). The van der Waals surface area contributed by atoms with E-state index < -0.39 is 0 Å². The van der Waals surface area contributed by atoms with Crippen LogP contribution in [0, 0.1) is 25.2 Å². The monoisotopic (exact) mass is 327 g/mol. The largest absolute Gasteiger partial charge is 0.367 e. The van der Waals surface area contributed by atoms with Gasteiger partial charge in [0.1, 0.15) is 17.5 Å². The van der Waals surface area contributed by atoms with Crippen molar-refractivity contribution in [1.29, 1.82) is 5.26 Å². The van der Waals surface area contributed by atoms with Gasteiger partial charge in [0.25, 0.3) is 0 Å². The lowest BCUT2D eigenvalue weighted by Gasteiger charge is -2.09. The van der Waals surface area contributed by atoms with Gasteiger partial charge in [-0.15, -0.1) is 5.10 Å². The Labute approximate surface area is 140 Å². The van der Waals surface area contributed by atoms with E-state index in [1.54, 1.807) is 9.25 Å². The van der Waals surface area contributed by atoms with Crippen LogP contribution in [0.2, 0.25) is 0 Å². The molecule has 0 amide bonds. The third-order valence-corrected chi connectivity index (χ3v) is 4.44. The summed E-state index contributed by atoms with van der Waals surface area (Å²) in [5, 5.41) is 24.9. The van der Waals surface area contributed by atoms with Gasteiger partial charge in [0.15, 0.2) is 5.82 Å². The molecule has 24 heavy (non-hydrogen) atoms. The molecule has 1 aliphatic heterocycles. The van der Waals surface area contributed by atoms with Crippen molar-refractivity contribution in [2.75, 3.05) is 11.9 Å². The first-order chi connectivity index (χ1) is 11.6. The molecule has 0 aliphatic carbocycles. The summed E-state index contributed by atoms with van der Waals surface area (Å²) in [5.74, 6) is 1.39. The summed E-state index contributed by atoms with van der Waals surface area (Å²) in [5.41, 5.74) is 2.10. The van der Waals surface area contributed by atoms with Crippen LogP contribution in [0.25, 0.3) is 0 Å². The normalized spacial score (nSPS) is 13.4. The van der Waals surface area contributed by atoms with Crippen LogP contribution in [-0.2, 0) is 19.5 Å². The zero-order valence-electron chi connectivity index (χ0n) is 14.0. The minimum atomic E-state index is -0.0200. The maximum atomic E-state index is 12.2. The number of aromatic nitrogens is 5. The van der Waals surface area contributed by atoms with Crippen molar-refractivity contribution in [1.82, 2.24) is 24.5 Å². The Hall–Kier alpha value is -2.69. The quantitative estimate of drug-likeness (QED) is 0.827. The van der Waals surface area contributed by atoms with Gasteiger partial charge in [-0.1, -0.05) is 0 Å². The van der Waals surface area contributed by atoms with Crippen LogP contribution in [0.3, 0.4) is 0 Å². The molecular weight excluding hydrogens is 306 g/mol. The minimum absolute atomic E-state index is 0.0200. The number of nitrogens with zero attached hydrogens (tertiary/aromatic N) is 6. The van der Waals surface area contributed by atoms with Crippen LogP contribution in [0.1, 0.15) is 41.9 Å². The van der Waals surface area contributed by atoms with E-state index in [9.17, 15) is 10.1 Å². The predicted molar refractivity (Wildman–Crippen MR) is 88.8 cm³/mol. The molecule has 126 valence electrons. The van der Waals surface area contributed by atoms with E-state index in [4.69, 9.17) is 0 Å². The summed E-state index contributed by atoms with van der Waals surface area (Å²) in [6.07, 6.45) is 3.74. The second-order valence-corrected chi connectivity index (χ2v) is 6.06. The van der Waals surface area contributed by atoms with Gasteiger partial charge in [-0.2, -0.15) is 15.5 Å². The molecular formula is C16H21N7O. The molecule has 0 saturated heterocycles. The van der Waals surface area contributed by atoms with Crippen LogP contribution in [0.15, 0.2) is 4.79 Å². The minimum Gasteiger partial charge on any atom is -0.367 e. The molecule has 0 spiro atoms. The van der Waals surface area contributed by atoms with Gasteiger partial charge in [-0.05, 0) is 38.7 Å². The number of nitrogens with one attached hydrogen (secondary N) is 1. The van der Waals surface area contributed by atoms with Crippen molar-refractivity contribution in [3.05, 3.63) is 33.1 Å². The molecule has 0 saturated carbocycles. The Balaban J connectivity index is 1.61. The molecule has 0 atom stereocenters. The number of hydrogen-bond acceptors (Lipinski definition) is 6. The average molecular weight is 327 g/mol. The van der Waals surface area contributed by atoms with E-state index in [1.165, 1.54) is 0 Å². The van der Waals surface area contributed by atoms with E-state index in [1.807, 2.05) is 13.8 Å². The number of rotatable bonds is 5. The topological polar surface area (TPSA) is 101 Å². The number of fused-ring (bicyclic) bond motifs is 1. The van der Waals surface area contributed by atoms with Crippen LogP contribution >= 0.6 is 0 Å². The summed E-state index contributed by atoms with van der Waals surface area (Å²) in [6.45, 7) is 5.62. The molecule has 8 heteroatoms. The van der Waals surface area contributed by atoms with E-state index in [0.717, 1.165) is 49.3 Å². The lowest BCUT2D eigenvalue weighted by Crippen LogP contribution is -2.27. The molecule has 0 fully saturated rings. The van der Waals surface area contributed by atoms with Crippen molar-refractivity contribution < 1.29 is 0 Å². The highest BCUT2D eigenvalue weighted by molar-refractivity contribution is 5.55. The van der Waals surface area contributed by atoms with Gasteiger partial charge in [-0.3, -0.25) is 4.57 Å². The van der Waals surface area contributed by atoms with Crippen molar-refractivity contribution in [3.8, 4) is 6.07 Å². The maximum absolute atomic E-state index is 12.2. The third-order valence-electron chi connectivity index (χ3n) is 4.44. The lowest BCUT2D eigenvalue weighted by molar-refractivity contribution is 0.510. The highest BCUT2D eigenvalue weighted by atomic mass is 16.2. The van der Waals surface area contributed by atoms with Gasteiger partial charge in [0, 0.05) is 26.1 Å². The van der Waals surface area contributed by atoms with Crippen molar-refractivity contribution in [2.45, 2.75) is 52.6 Å². The van der Waals surface area contributed by atoms with Crippen molar-refractivity contribution >= 4 is 5.82 Å². The smallest absolute Gasteiger partial charge is 0.345 e. The van der Waals surface area contributed by atoms with Crippen LogP contribution in [0.5, 0.6) is 0 Å². The molecule has 8 nitrogen and oxygen atoms in total. The fourth-order valence-electron chi connectivity index (χ4n) is 2.90. The molecule has 0 unspecified atom stereocenters. The Morgan fingerprint density at radius 2 is 2.12 bits per heavy atom. The predicted octanol–water partition coefficient (Wildman–Crippen LogP) is 1.16. The molecule has 0 radical (unpaired) electrons. The van der Waals surface area contributed by atoms with E-state index in [0.29, 0.717) is 24.5 Å². The van der Waals surface area contributed by atoms with Gasteiger partial charge in [0.05, 0.1) is 5.69 Å². The summed E-state index contributed by atoms with van der Waals surface area (Å²) in [4.78, 5) is 12.2. The number of nitriles is 1. The Morgan fingerprint density at radius 1 is 1.29 bits per heavy atom. The molecule has 1 N–H and O–H groups in total. The van der Waals surface area contributed by atoms with E-state index in [2.05, 4.69) is 26.7 Å². The van der Waals surface area contributed by atoms with Crippen LogP contribution in [-0.4, -0.2) is 31.1 Å². The third kappa shape index (κ3) is 3.02. The summed E-state index contributed by atoms with van der Waals surface area (Å²) >= 11 is 0. The first-order valence-corrected chi connectivity index (χ1v) is 8.26. The average Bonchev–Trinajstić information content (AvgIpc) is 2.91. The van der Waals surface area contributed by atoms with Crippen LogP contribution in [0.4, 0.5) is 5.82 Å². The maximum Gasteiger partial charge on any atom is 0.345 e. The SMILES string of the molecule is Cc1nnc(NCCCn2nc3n(c2=O)CCCC3)c(C#N)c1C. The Morgan fingerprint density at radius 3 is 2.88 bits per heavy atom. The number of hydrogen-bond donors (Lipinski definition) is 1. The highest BCUT2D eigenvalue weighted by Gasteiger charge is 2.16. The standard InChI is InChI=1S/C16H21N7O/c1-11-12(2)19-20-15(13(11)10-17)18-7-5-9-23-16(24)22-8-4-3-6-14(22)21-23/h3-9H2,1-2H3,(H,18,20). The molecule has 2 aromatic rings. The van der Waals surface area contributed by atoms with E-state index >= 15 is 0 Å². The Kier molecular flexibility index (Phi) is 4.60. The molecule has 2 aromatic heterocycles. The lowest BCUT2D eigenvalue weighted by atomic mass is 10.1. The summed E-state index contributed by atoms with van der Waals surface area (Å²) < 4.78 is 3.32. The fourth-order valence-corrected chi connectivity index (χ4v) is 2.90. The van der Waals surface area contributed by atoms with Gasteiger partial charge < -0.3 is 5.32 Å². The first-order valence-electron chi connectivity index (χ1n) is 8.26. The molecule has 0 bridgehead atoms. The molecule has 3 heterocycles. The summed E-state index contributed by atoms with van der Waals surface area (Å²) in [7, 11) is 0. The van der Waals surface area contributed by atoms with Gasteiger partial charge in [-0.25, -0.2) is 9.48 Å². The number of aryl methyl sites for hydroxylation is 3. The Bertz CT molecular complexity index is 843. The zero-order chi connectivity index (χ0) is 17.1. The van der Waals surface area contributed by atoms with Crippen molar-refractivity contribution in [3.63, 3.8) is 0 Å². The zero-order valence-corrected chi connectivity index (χ0v) is 14.0. The molecule has 0 aromatic carbocycles. The second-order valence-electron chi connectivity index (χ2n) is 6.06. The van der Waals surface area contributed by atoms with Crippen LogP contribution < -0.4 is 11.0 Å². The highest BCUT2D eigenvalue weighted by Crippen LogP contribution is 2.16. The fraction of sp³-hybridized carbons (Fsp3) is 0.562. The van der Waals surface area contributed by atoms with Crippen molar-refractivity contribution in [2.24, 2.45) is 0 Å². The first kappa shape index (κ1) is 16.2.